The van der Waals surface area contributed by atoms with Crippen LogP contribution >= 0.6 is 0 Å². The third kappa shape index (κ3) is 19.0. The lowest BCUT2D eigenvalue weighted by Crippen LogP contribution is -1.91. The molecule has 18 rings (SSSR count). The minimum Gasteiger partial charge on any atom is -0.508 e. The standard InChI is InChI=1S/C17H14O7.2C16H12O6.C15H10O7.C15H10O6.C15H10O5/c1-22-14-3-8(4-15(23-2)16(14)21)17-12(20)7-10-11(19)5-9(18)6-13(10)24-17;1-7-2-8(3-12(19)15(7)21)16-13(20)6-10-11(18)4-9(17)5-14(10)22-16;1-21-15-4-8(2-3-11(15)18)16-13(20)7-10-12(19)5-9(17)6-14(10)22-16;16-7-3-9(17)8-5-12(20)15(22-13(8)4-7)6-1-10(18)14(21)11(19)2-6;16-8-4-11(18)9-6-13(20)15(21-14(9)5-8)7-1-2-10(17)12(19)3-7;16-9-3-1-8(2-4-9)15-13(19)7-11-12(18)5-10(17)6-14(11)20-15/h3-7H,1-2H3,(H3-,18,19,20,21);2-6H,1H3,(H4-,17,18,19,20,21);2-7H,1H3,(H3-,17,18,19,20);1-5H,(H5-,16,17,18,19,20,21);1-6H,(H4-,16,17,18,19,20);1-7H,(H3-,16,17,18,19)/p+6. The molecule has 6 aromatic heterocycles. The molecule has 18 aromatic rings. The number of aromatic hydroxyl groups is 28. The first kappa shape index (κ1) is 89.7. The monoisotopic (exact) mass is 1790 g/mol. The van der Waals surface area contributed by atoms with Gasteiger partial charge in [0.25, 0.3) is 0 Å². The molecule has 37 nitrogen and oxygen atoms in total. The molecule has 0 aliphatic heterocycles. The van der Waals surface area contributed by atoms with Crippen LogP contribution in [0, 0.1) is 6.92 Å². The molecule has 666 valence electrons. The van der Waals surface area contributed by atoms with Crippen LogP contribution in [0.1, 0.15) is 5.56 Å². The number of benzene rings is 12. The maximum Gasteiger partial charge on any atom is 0.402 e. The largest absolute Gasteiger partial charge is 0.508 e. The van der Waals surface area contributed by atoms with Gasteiger partial charge in [-0.1, -0.05) is 0 Å². The molecule has 0 aliphatic carbocycles. The Labute approximate surface area is 732 Å². The van der Waals surface area contributed by atoms with Crippen LogP contribution in [0.15, 0.2) is 233 Å². The Kier molecular flexibility index (Phi) is 24.9. The van der Waals surface area contributed by atoms with E-state index < -0.39 is 17.2 Å². The van der Waals surface area contributed by atoms with E-state index in [1.54, 1.807) is 25.1 Å². The van der Waals surface area contributed by atoms with Gasteiger partial charge in [-0.25, -0.2) is 26.5 Å². The minimum absolute atomic E-state index is 0.0304. The van der Waals surface area contributed by atoms with Crippen LogP contribution in [0.2, 0.25) is 0 Å². The first-order valence-electron chi connectivity index (χ1n) is 37.7. The predicted octanol–water partition coefficient (Wildman–Crippen LogP) is 18.4. The minimum atomic E-state index is -0.695. The van der Waals surface area contributed by atoms with Crippen molar-refractivity contribution in [3.05, 3.63) is 212 Å². The number of hydrogen-bond donors (Lipinski definition) is 28. The second kappa shape index (κ2) is 36.4. The lowest BCUT2D eigenvalue weighted by Gasteiger charge is -2.09. The molecule has 0 saturated carbocycles. The summed E-state index contributed by atoms with van der Waals surface area (Å²) < 4.78 is 48.3. The van der Waals surface area contributed by atoms with Gasteiger partial charge in [0.05, 0.1) is 91.1 Å². The number of hydrogen-bond acceptors (Lipinski definition) is 31. The molecule has 0 amide bonds. The van der Waals surface area contributed by atoms with Crippen molar-refractivity contribution >= 4 is 65.8 Å². The molecule has 0 spiro atoms. The van der Waals surface area contributed by atoms with Crippen molar-refractivity contribution in [2.45, 2.75) is 6.92 Å². The van der Waals surface area contributed by atoms with E-state index in [0.717, 1.165) is 48.5 Å². The maximum absolute atomic E-state index is 10.2. The van der Waals surface area contributed by atoms with Gasteiger partial charge in [0.1, 0.15) is 107 Å². The second-order valence-corrected chi connectivity index (χ2v) is 28.4. The van der Waals surface area contributed by atoms with Gasteiger partial charge in [0.15, 0.2) is 63.2 Å². The van der Waals surface area contributed by atoms with Crippen LogP contribution in [-0.2, 0) is 0 Å². The fourth-order valence-corrected chi connectivity index (χ4v) is 13.1. The van der Waals surface area contributed by atoms with Gasteiger partial charge >= 0.3 is 68.1 Å². The highest BCUT2D eigenvalue weighted by Gasteiger charge is 2.33. The lowest BCUT2D eigenvalue weighted by atomic mass is 10.1. The number of ether oxygens (including phenoxy) is 3. The quantitative estimate of drug-likeness (QED) is 0.0471. The summed E-state index contributed by atoms with van der Waals surface area (Å²) in [5.41, 5.74) is 3.60. The van der Waals surface area contributed by atoms with E-state index >= 15 is 0 Å². The van der Waals surface area contributed by atoms with Crippen LogP contribution in [0.4, 0.5) is 0 Å². The summed E-state index contributed by atoms with van der Waals surface area (Å²) in [7, 11) is 4.17. The number of fused-ring (bicyclic) bond motifs is 6. The number of phenolic OH excluding ortho intramolecular Hbond substituents is 22. The van der Waals surface area contributed by atoms with Gasteiger partial charge in [-0.15, -0.1) is 0 Å². The molecule has 0 aliphatic rings. The highest BCUT2D eigenvalue weighted by Crippen LogP contribution is 2.51. The fraction of sp³-hybridized carbons (Fsp3) is 0.0426. The summed E-state index contributed by atoms with van der Waals surface area (Å²) in [6.07, 6.45) is 0. The zero-order valence-electron chi connectivity index (χ0n) is 67.8. The van der Waals surface area contributed by atoms with E-state index in [-0.39, 0.29) is 262 Å². The van der Waals surface area contributed by atoms with E-state index in [0.29, 0.717) is 38.8 Å². The number of methoxy groups -OCH3 is 3. The number of rotatable bonds is 9. The van der Waals surface area contributed by atoms with Crippen molar-refractivity contribution in [2.24, 2.45) is 0 Å². The third-order valence-corrected chi connectivity index (χ3v) is 19.4. The Morgan fingerprint density at radius 1 is 0.168 bits per heavy atom. The molecule has 0 saturated heterocycles. The Morgan fingerprint density at radius 2 is 0.405 bits per heavy atom. The summed E-state index contributed by atoms with van der Waals surface area (Å²) in [4.78, 5) is 0. The van der Waals surface area contributed by atoms with Crippen molar-refractivity contribution in [3.63, 3.8) is 0 Å². The van der Waals surface area contributed by atoms with Gasteiger partial charge < -0.3 is 157 Å². The zero-order valence-corrected chi connectivity index (χ0v) is 67.8. The maximum atomic E-state index is 10.2. The first-order valence-corrected chi connectivity index (χ1v) is 37.7. The molecule has 12 aromatic carbocycles. The molecule has 131 heavy (non-hydrogen) atoms. The van der Waals surface area contributed by atoms with Crippen molar-refractivity contribution in [2.75, 3.05) is 21.3 Å². The number of phenols is 22. The SMILES string of the molecule is COc1cc(-c2[o+]c3cc(O)cc(O)c3cc2O)cc(OC)c1O.COc1cc(-c2[o+]c3cc(O)cc(O)c3cc2O)ccc1O.Cc1cc(-c2[o+]c3cc(O)cc(O)c3cc2O)cc(O)c1O.Oc1cc(O)c2cc(O)c(-c3cc(O)c(O)c(O)c3)[o+]c2c1.Oc1cc(O)c2cc(O)c(-c3ccc(O)c(O)c3)[o+]c2c1.Oc1ccc(-c2[o+]c3cc(O)cc(O)c3cc2O)cc1. The molecule has 0 radical (unpaired) electrons. The Balaban J connectivity index is 0.000000134. The Bertz CT molecular complexity index is 7330. The summed E-state index contributed by atoms with van der Waals surface area (Å²) in [5.74, 6) is -6.33. The smallest absolute Gasteiger partial charge is 0.402 e. The molecule has 28 N–H and O–H groups in total. The third-order valence-electron chi connectivity index (χ3n) is 19.4. The van der Waals surface area contributed by atoms with Crippen LogP contribution in [0.3, 0.4) is 0 Å². The Morgan fingerprint density at radius 3 is 0.695 bits per heavy atom. The lowest BCUT2D eigenvalue weighted by molar-refractivity contribution is 0.340. The average molecular weight is 1800 g/mol. The summed E-state index contributed by atoms with van der Waals surface area (Å²) in [6, 6.07) is 44.8. The summed E-state index contributed by atoms with van der Waals surface area (Å²) in [6.45, 7) is 1.59. The van der Waals surface area contributed by atoms with E-state index in [1.807, 2.05) is 0 Å². The molecular weight excluding hydrogens is 1720 g/mol. The van der Waals surface area contributed by atoms with E-state index in [1.165, 1.54) is 161 Å². The van der Waals surface area contributed by atoms with Crippen LogP contribution < -0.4 is 14.2 Å². The van der Waals surface area contributed by atoms with Crippen LogP contribution in [0.25, 0.3) is 134 Å². The highest BCUT2D eigenvalue weighted by molar-refractivity contribution is 5.94. The van der Waals surface area contributed by atoms with Crippen LogP contribution in [-0.4, -0.2) is 164 Å². The van der Waals surface area contributed by atoms with Crippen molar-refractivity contribution in [1.29, 1.82) is 0 Å². The molecule has 0 atom stereocenters. The van der Waals surface area contributed by atoms with Crippen LogP contribution in [0.5, 0.6) is 178 Å². The molecular formula is C94H74O37+6. The molecule has 37 heteroatoms. The normalized spacial score (nSPS) is 10.8. The summed E-state index contributed by atoms with van der Waals surface area (Å²) in [5, 5.41) is 273. The van der Waals surface area contributed by atoms with Gasteiger partial charge in [0.2, 0.25) is 40.2 Å². The van der Waals surface area contributed by atoms with Crippen molar-refractivity contribution in [1.82, 2.24) is 0 Å². The molecule has 0 unspecified atom stereocenters. The average Bonchev–Trinajstić information content (AvgIpc) is 0.771. The molecule has 0 bridgehead atoms. The van der Waals surface area contributed by atoms with Gasteiger partial charge in [0, 0.05) is 115 Å². The topological polar surface area (TPSA) is 662 Å². The Hall–Kier alpha value is -19.1. The second-order valence-electron chi connectivity index (χ2n) is 28.4. The first-order chi connectivity index (χ1) is 62.1. The fourth-order valence-electron chi connectivity index (χ4n) is 13.1. The molecule has 6 heterocycles. The van der Waals surface area contributed by atoms with Gasteiger partial charge in [-0.2, -0.15) is 0 Å². The zero-order chi connectivity index (χ0) is 94.7. The highest BCUT2D eigenvalue weighted by atomic mass is 16.5. The number of aryl methyl sites for hydroxylation is 1. The van der Waals surface area contributed by atoms with E-state index in [2.05, 4.69) is 0 Å². The van der Waals surface area contributed by atoms with Crippen molar-refractivity contribution in [3.8, 4) is 246 Å². The molecule has 0 fully saturated rings. The van der Waals surface area contributed by atoms with E-state index in [9.17, 15) is 143 Å². The van der Waals surface area contributed by atoms with Gasteiger partial charge in [-0.05, 0) is 67.1 Å². The van der Waals surface area contributed by atoms with Crippen molar-refractivity contribution < 1.29 is 184 Å². The van der Waals surface area contributed by atoms with Gasteiger partial charge in [-0.3, -0.25) is 0 Å². The summed E-state index contributed by atoms with van der Waals surface area (Å²) >= 11 is 0. The predicted molar refractivity (Wildman–Crippen MR) is 467 cm³/mol. The van der Waals surface area contributed by atoms with E-state index in [4.69, 9.17) is 40.7 Å².